The van der Waals surface area contributed by atoms with Crippen molar-refractivity contribution in [1.82, 2.24) is 20.3 Å². The SMILES string of the molecule is COCc1cn(/C=C/C=C/C(=O)N[C@H](Cc2ccc(O)cc2)C(=O)OC(C)(C)C)nn1. The van der Waals surface area contributed by atoms with Gasteiger partial charge < -0.3 is 19.9 Å². The number of ether oxygens (including phenoxy) is 2. The Kier molecular flexibility index (Phi) is 8.51. The molecule has 1 heterocycles. The maximum Gasteiger partial charge on any atom is 0.329 e. The van der Waals surface area contributed by atoms with E-state index in [0.717, 1.165) is 5.56 Å². The zero-order valence-electron chi connectivity index (χ0n) is 18.1. The lowest BCUT2D eigenvalue weighted by Gasteiger charge is -2.24. The summed E-state index contributed by atoms with van der Waals surface area (Å²) in [4.78, 5) is 24.9. The van der Waals surface area contributed by atoms with E-state index >= 15 is 0 Å². The van der Waals surface area contributed by atoms with Crippen LogP contribution in [0.25, 0.3) is 6.20 Å². The number of amides is 1. The molecular weight excluding hydrogens is 400 g/mol. The Morgan fingerprint density at radius 1 is 1.23 bits per heavy atom. The number of aromatic hydroxyl groups is 1. The first-order valence-electron chi connectivity index (χ1n) is 9.72. The van der Waals surface area contributed by atoms with Gasteiger partial charge in [-0.2, -0.15) is 0 Å². The van der Waals surface area contributed by atoms with Gasteiger partial charge in [0, 0.05) is 25.8 Å². The topological polar surface area (TPSA) is 116 Å². The van der Waals surface area contributed by atoms with Crippen molar-refractivity contribution in [1.29, 1.82) is 0 Å². The predicted octanol–water partition coefficient (Wildman–Crippen LogP) is 2.23. The normalized spacial score (nSPS) is 12.9. The lowest BCUT2D eigenvalue weighted by atomic mass is 10.1. The van der Waals surface area contributed by atoms with Gasteiger partial charge in [-0.3, -0.25) is 4.79 Å². The second-order valence-corrected chi connectivity index (χ2v) is 7.79. The molecule has 1 amide bonds. The van der Waals surface area contributed by atoms with Crippen LogP contribution in [0.1, 0.15) is 32.0 Å². The van der Waals surface area contributed by atoms with Gasteiger partial charge in [-0.05, 0) is 44.5 Å². The lowest BCUT2D eigenvalue weighted by Crippen LogP contribution is -2.45. The van der Waals surface area contributed by atoms with Crippen molar-refractivity contribution in [3.63, 3.8) is 0 Å². The number of carbonyl (C=O) groups excluding carboxylic acids is 2. The van der Waals surface area contributed by atoms with Crippen molar-refractivity contribution >= 4 is 18.1 Å². The molecule has 9 nitrogen and oxygen atoms in total. The third-order valence-electron chi connectivity index (χ3n) is 3.83. The van der Waals surface area contributed by atoms with Gasteiger partial charge in [0.25, 0.3) is 0 Å². The Morgan fingerprint density at radius 2 is 1.94 bits per heavy atom. The number of hydrogen-bond donors (Lipinski definition) is 2. The van der Waals surface area contributed by atoms with Gasteiger partial charge >= 0.3 is 5.97 Å². The second kappa shape index (κ2) is 11.1. The van der Waals surface area contributed by atoms with Crippen LogP contribution in [0.15, 0.2) is 48.7 Å². The molecule has 0 saturated carbocycles. The Bertz CT molecular complexity index is 926. The minimum Gasteiger partial charge on any atom is -0.508 e. The van der Waals surface area contributed by atoms with Crippen LogP contribution in [0, 0.1) is 0 Å². The molecule has 9 heteroatoms. The Labute approximate surface area is 181 Å². The van der Waals surface area contributed by atoms with Gasteiger partial charge in [0.05, 0.1) is 12.8 Å². The van der Waals surface area contributed by atoms with Crippen LogP contribution in [0.2, 0.25) is 0 Å². The van der Waals surface area contributed by atoms with Gasteiger partial charge in [-0.25, -0.2) is 9.48 Å². The van der Waals surface area contributed by atoms with E-state index in [1.165, 1.54) is 29.0 Å². The van der Waals surface area contributed by atoms with E-state index in [1.54, 1.807) is 58.5 Å². The average Bonchev–Trinajstić information content (AvgIpc) is 3.13. The molecule has 31 heavy (non-hydrogen) atoms. The highest BCUT2D eigenvalue weighted by Crippen LogP contribution is 2.14. The highest BCUT2D eigenvalue weighted by Gasteiger charge is 2.26. The Morgan fingerprint density at radius 3 is 2.58 bits per heavy atom. The van der Waals surface area contributed by atoms with Crippen LogP contribution in [0.5, 0.6) is 5.75 Å². The molecule has 0 spiro atoms. The number of esters is 1. The van der Waals surface area contributed by atoms with Crippen LogP contribution >= 0.6 is 0 Å². The number of rotatable bonds is 9. The van der Waals surface area contributed by atoms with Crippen molar-refractivity contribution in [3.8, 4) is 5.75 Å². The third kappa shape index (κ3) is 8.83. The van der Waals surface area contributed by atoms with Crippen LogP contribution in [0.3, 0.4) is 0 Å². The molecule has 1 atom stereocenters. The number of phenolic OH excluding ortho intramolecular Hbond substituents is 1. The second-order valence-electron chi connectivity index (χ2n) is 7.79. The van der Waals surface area contributed by atoms with Gasteiger partial charge in [0.1, 0.15) is 23.1 Å². The Hall–Kier alpha value is -3.46. The fourth-order valence-corrected chi connectivity index (χ4v) is 2.53. The van der Waals surface area contributed by atoms with Crippen molar-refractivity contribution in [2.24, 2.45) is 0 Å². The fourth-order valence-electron chi connectivity index (χ4n) is 2.53. The number of aromatic nitrogens is 3. The zero-order valence-corrected chi connectivity index (χ0v) is 18.1. The summed E-state index contributed by atoms with van der Waals surface area (Å²) in [5, 5.41) is 19.9. The highest BCUT2D eigenvalue weighted by atomic mass is 16.6. The summed E-state index contributed by atoms with van der Waals surface area (Å²) in [6.45, 7) is 5.64. The predicted molar refractivity (Wildman–Crippen MR) is 115 cm³/mol. The molecule has 0 aliphatic rings. The molecule has 2 aromatic rings. The molecule has 0 radical (unpaired) electrons. The number of methoxy groups -OCH3 is 1. The van der Waals surface area contributed by atoms with Crippen molar-refractivity contribution < 1.29 is 24.2 Å². The molecule has 0 fully saturated rings. The standard InChI is InChI=1S/C22H28N4O5/c1-22(2,3)31-21(29)19(13-16-8-10-18(27)11-9-16)23-20(28)7-5-6-12-26-14-17(15-30-4)24-25-26/h5-12,14,19,27H,13,15H2,1-4H3,(H,23,28)/b7-5+,12-6+/t19-/m1/s1. The highest BCUT2D eigenvalue weighted by molar-refractivity contribution is 5.92. The molecule has 1 aromatic heterocycles. The molecule has 0 unspecified atom stereocenters. The van der Waals surface area contributed by atoms with E-state index < -0.39 is 23.5 Å². The van der Waals surface area contributed by atoms with Crippen LogP contribution in [0.4, 0.5) is 0 Å². The molecule has 2 rings (SSSR count). The summed E-state index contributed by atoms with van der Waals surface area (Å²) >= 11 is 0. The molecule has 0 bridgehead atoms. The molecule has 0 aliphatic heterocycles. The third-order valence-corrected chi connectivity index (χ3v) is 3.83. The maximum absolute atomic E-state index is 12.6. The first-order valence-corrected chi connectivity index (χ1v) is 9.72. The smallest absolute Gasteiger partial charge is 0.329 e. The molecular formula is C22H28N4O5. The van der Waals surface area contributed by atoms with Gasteiger partial charge in [-0.15, -0.1) is 5.10 Å². The molecule has 0 saturated heterocycles. The minimum absolute atomic E-state index is 0.123. The number of carbonyl (C=O) groups is 2. The molecule has 0 aliphatic carbocycles. The largest absolute Gasteiger partial charge is 0.508 e. The monoisotopic (exact) mass is 428 g/mol. The van der Waals surface area contributed by atoms with Crippen molar-refractivity contribution in [2.75, 3.05) is 7.11 Å². The summed E-state index contributed by atoms with van der Waals surface area (Å²) in [5.41, 5.74) is 0.770. The van der Waals surface area contributed by atoms with Crippen molar-refractivity contribution in [2.45, 2.75) is 45.4 Å². The van der Waals surface area contributed by atoms with E-state index in [-0.39, 0.29) is 12.2 Å². The summed E-state index contributed by atoms with van der Waals surface area (Å²) in [5.74, 6) is -0.859. The lowest BCUT2D eigenvalue weighted by molar-refractivity contribution is -0.158. The average molecular weight is 428 g/mol. The number of allylic oxidation sites excluding steroid dienone is 2. The number of nitrogens with zero attached hydrogens (tertiary/aromatic N) is 3. The summed E-state index contributed by atoms with van der Waals surface area (Å²) < 4.78 is 11.9. The summed E-state index contributed by atoms with van der Waals surface area (Å²) in [7, 11) is 1.57. The van der Waals surface area contributed by atoms with E-state index in [9.17, 15) is 14.7 Å². The van der Waals surface area contributed by atoms with E-state index in [2.05, 4.69) is 15.6 Å². The fraction of sp³-hybridized carbons (Fsp3) is 0.364. The van der Waals surface area contributed by atoms with E-state index in [1.807, 2.05) is 0 Å². The number of nitrogens with one attached hydrogen (secondary N) is 1. The quantitative estimate of drug-likeness (QED) is 0.357. The van der Waals surface area contributed by atoms with Crippen LogP contribution in [-0.4, -0.2) is 50.7 Å². The maximum atomic E-state index is 12.6. The van der Waals surface area contributed by atoms with Gasteiger partial charge in [-0.1, -0.05) is 23.4 Å². The van der Waals surface area contributed by atoms with Crippen LogP contribution < -0.4 is 5.32 Å². The molecule has 2 N–H and O–H groups in total. The van der Waals surface area contributed by atoms with E-state index in [4.69, 9.17) is 9.47 Å². The first-order chi connectivity index (χ1) is 14.7. The summed E-state index contributed by atoms with van der Waals surface area (Å²) in [6, 6.07) is 5.55. The molecule has 1 aromatic carbocycles. The summed E-state index contributed by atoms with van der Waals surface area (Å²) in [6.07, 6.45) is 8.00. The first kappa shape index (κ1) is 23.8. The van der Waals surface area contributed by atoms with Crippen molar-refractivity contribution in [3.05, 3.63) is 59.9 Å². The van der Waals surface area contributed by atoms with E-state index in [0.29, 0.717) is 12.3 Å². The van der Waals surface area contributed by atoms with Crippen LogP contribution in [-0.2, 0) is 32.1 Å². The molecule has 166 valence electrons. The number of phenols is 1. The number of benzene rings is 1. The number of hydrogen-bond acceptors (Lipinski definition) is 7. The van der Waals surface area contributed by atoms with Gasteiger partial charge in [0.2, 0.25) is 5.91 Å². The zero-order chi connectivity index (χ0) is 22.9. The minimum atomic E-state index is -0.878. The Balaban J connectivity index is 2.01. The van der Waals surface area contributed by atoms with Gasteiger partial charge in [0.15, 0.2) is 0 Å².